The fraction of sp³-hybridized carbons (Fsp3) is 0.0714. The SMILES string of the molecule is O=C(O)COc1ccccc1NC(=O)c1ccccn1. The highest BCUT2D eigenvalue weighted by molar-refractivity contribution is 6.03. The number of pyridine rings is 1. The number of hydrogen-bond donors (Lipinski definition) is 2. The summed E-state index contributed by atoms with van der Waals surface area (Å²) in [5, 5.41) is 11.2. The van der Waals surface area contributed by atoms with Crippen molar-refractivity contribution in [3.05, 3.63) is 54.4 Å². The fourth-order valence-corrected chi connectivity index (χ4v) is 1.52. The molecule has 0 unspecified atom stereocenters. The van der Waals surface area contributed by atoms with Gasteiger partial charge in [-0.3, -0.25) is 9.78 Å². The number of nitrogens with one attached hydrogen (secondary N) is 1. The Morgan fingerprint density at radius 3 is 2.60 bits per heavy atom. The molecule has 0 saturated heterocycles. The van der Waals surface area contributed by atoms with Crippen molar-refractivity contribution in [2.75, 3.05) is 11.9 Å². The molecule has 0 bridgehead atoms. The number of hydrogen-bond acceptors (Lipinski definition) is 4. The first kappa shape index (κ1) is 13.5. The zero-order chi connectivity index (χ0) is 14.4. The van der Waals surface area contributed by atoms with Crippen LogP contribution in [0, 0.1) is 0 Å². The van der Waals surface area contributed by atoms with E-state index in [1.165, 1.54) is 6.20 Å². The molecule has 0 spiro atoms. The molecule has 1 aromatic carbocycles. The van der Waals surface area contributed by atoms with Gasteiger partial charge in [-0.1, -0.05) is 18.2 Å². The molecular weight excluding hydrogens is 260 g/mol. The zero-order valence-corrected chi connectivity index (χ0v) is 10.4. The minimum Gasteiger partial charge on any atom is -0.480 e. The van der Waals surface area contributed by atoms with E-state index >= 15 is 0 Å². The highest BCUT2D eigenvalue weighted by Gasteiger charge is 2.11. The minimum absolute atomic E-state index is 0.264. The number of anilines is 1. The molecule has 2 N–H and O–H groups in total. The van der Waals surface area contributed by atoms with E-state index < -0.39 is 18.5 Å². The Morgan fingerprint density at radius 1 is 1.15 bits per heavy atom. The van der Waals surface area contributed by atoms with Crippen LogP contribution < -0.4 is 10.1 Å². The summed E-state index contributed by atoms with van der Waals surface area (Å²) in [4.78, 5) is 26.4. The van der Waals surface area contributed by atoms with Gasteiger partial charge < -0.3 is 15.2 Å². The predicted molar refractivity (Wildman–Crippen MR) is 71.8 cm³/mol. The van der Waals surface area contributed by atoms with E-state index in [2.05, 4.69) is 10.3 Å². The number of aliphatic carboxylic acids is 1. The number of para-hydroxylation sites is 2. The van der Waals surface area contributed by atoms with Crippen LogP contribution in [-0.4, -0.2) is 28.6 Å². The maximum atomic E-state index is 12.0. The molecule has 0 atom stereocenters. The van der Waals surface area contributed by atoms with E-state index in [0.717, 1.165) is 0 Å². The molecule has 6 heteroatoms. The number of carbonyl (C=O) groups is 2. The van der Waals surface area contributed by atoms with E-state index in [-0.39, 0.29) is 5.69 Å². The fourth-order valence-electron chi connectivity index (χ4n) is 1.52. The van der Waals surface area contributed by atoms with Gasteiger partial charge in [0.1, 0.15) is 11.4 Å². The molecule has 2 aromatic rings. The summed E-state index contributed by atoms with van der Waals surface area (Å²) in [5.74, 6) is -1.19. The third-order valence-electron chi connectivity index (χ3n) is 2.38. The van der Waals surface area contributed by atoms with Crippen molar-refractivity contribution in [1.82, 2.24) is 4.98 Å². The van der Waals surface area contributed by atoms with E-state index in [1.54, 1.807) is 42.5 Å². The Labute approximate surface area is 115 Å². The van der Waals surface area contributed by atoms with Gasteiger partial charge in [-0.2, -0.15) is 0 Å². The summed E-state index contributed by atoms with van der Waals surface area (Å²) in [6, 6.07) is 11.6. The van der Waals surface area contributed by atoms with Crippen LogP contribution in [0.25, 0.3) is 0 Å². The second-order valence-electron chi connectivity index (χ2n) is 3.85. The van der Waals surface area contributed by atoms with Crippen molar-refractivity contribution in [3.63, 3.8) is 0 Å². The van der Waals surface area contributed by atoms with Crippen molar-refractivity contribution in [2.45, 2.75) is 0 Å². The molecule has 20 heavy (non-hydrogen) atoms. The Balaban J connectivity index is 2.13. The van der Waals surface area contributed by atoms with E-state index in [9.17, 15) is 9.59 Å². The van der Waals surface area contributed by atoms with Crippen LogP contribution in [0.2, 0.25) is 0 Å². The standard InChI is InChI=1S/C14H12N2O4/c17-13(18)9-20-12-7-2-1-5-10(12)16-14(19)11-6-3-4-8-15-11/h1-8H,9H2,(H,16,19)(H,17,18). The molecule has 2 rings (SSSR count). The molecule has 0 radical (unpaired) electrons. The van der Waals surface area contributed by atoms with Crippen LogP contribution in [0.3, 0.4) is 0 Å². The average molecular weight is 272 g/mol. The van der Waals surface area contributed by atoms with Crippen LogP contribution in [0.5, 0.6) is 5.75 Å². The molecule has 0 fully saturated rings. The lowest BCUT2D eigenvalue weighted by Gasteiger charge is -2.10. The smallest absolute Gasteiger partial charge is 0.341 e. The minimum atomic E-state index is -1.09. The Kier molecular flexibility index (Phi) is 4.28. The summed E-state index contributed by atoms with van der Waals surface area (Å²) >= 11 is 0. The van der Waals surface area contributed by atoms with Gasteiger partial charge in [0, 0.05) is 6.20 Å². The molecule has 0 aliphatic carbocycles. The third-order valence-corrected chi connectivity index (χ3v) is 2.38. The van der Waals surface area contributed by atoms with Crippen molar-refractivity contribution in [3.8, 4) is 5.75 Å². The number of rotatable bonds is 5. The molecule has 0 aliphatic heterocycles. The Morgan fingerprint density at radius 2 is 1.90 bits per heavy atom. The van der Waals surface area contributed by atoms with E-state index in [4.69, 9.17) is 9.84 Å². The van der Waals surface area contributed by atoms with Crippen molar-refractivity contribution in [2.24, 2.45) is 0 Å². The van der Waals surface area contributed by atoms with Crippen molar-refractivity contribution >= 4 is 17.6 Å². The van der Waals surface area contributed by atoms with Gasteiger partial charge in [-0.25, -0.2) is 4.79 Å². The highest BCUT2D eigenvalue weighted by Crippen LogP contribution is 2.24. The van der Waals surface area contributed by atoms with Crippen molar-refractivity contribution in [1.29, 1.82) is 0 Å². The lowest BCUT2D eigenvalue weighted by molar-refractivity contribution is -0.139. The zero-order valence-electron chi connectivity index (χ0n) is 10.4. The summed E-state index contributed by atoms with van der Waals surface area (Å²) in [6.45, 7) is -0.476. The van der Waals surface area contributed by atoms with E-state index in [1.807, 2.05) is 0 Å². The van der Waals surface area contributed by atoms with Crippen LogP contribution in [0.15, 0.2) is 48.7 Å². The number of aromatic nitrogens is 1. The van der Waals surface area contributed by atoms with E-state index in [0.29, 0.717) is 11.4 Å². The Bertz CT molecular complexity index is 614. The second-order valence-corrected chi connectivity index (χ2v) is 3.85. The first-order valence-corrected chi connectivity index (χ1v) is 5.83. The summed E-state index contributed by atoms with van der Waals surface area (Å²) in [6.07, 6.45) is 1.52. The first-order valence-electron chi connectivity index (χ1n) is 5.83. The van der Waals surface area contributed by atoms with Crippen LogP contribution in [0.1, 0.15) is 10.5 Å². The van der Waals surface area contributed by atoms with Gasteiger partial charge in [0.2, 0.25) is 0 Å². The van der Waals surface area contributed by atoms with Gasteiger partial charge >= 0.3 is 5.97 Å². The number of carboxylic acid groups (broad SMARTS) is 1. The number of benzene rings is 1. The molecule has 1 aromatic heterocycles. The van der Waals surface area contributed by atoms with Crippen molar-refractivity contribution < 1.29 is 19.4 Å². The number of carbonyl (C=O) groups excluding carboxylic acids is 1. The number of ether oxygens (including phenoxy) is 1. The molecule has 0 saturated carbocycles. The molecule has 102 valence electrons. The lowest BCUT2D eigenvalue weighted by atomic mass is 10.2. The van der Waals surface area contributed by atoms with Crippen LogP contribution in [0.4, 0.5) is 5.69 Å². The quantitative estimate of drug-likeness (QED) is 0.866. The van der Waals surface area contributed by atoms with Gasteiger partial charge in [0.15, 0.2) is 6.61 Å². The second kappa shape index (κ2) is 6.33. The maximum Gasteiger partial charge on any atom is 0.341 e. The van der Waals surface area contributed by atoms with Gasteiger partial charge in [0.25, 0.3) is 5.91 Å². The average Bonchev–Trinajstić information content (AvgIpc) is 2.47. The largest absolute Gasteiger partial charge is 0.480 e. The summed E-state index contributed by atoms with van der Waals surface area (Å²) in [7, 11) is 0. The lowest BCUT2D eigenvalue weighted by Crippen LogP contribution is -2.15. The molecular formula is C14H12N2O4. The molecule has 0 aliphatic rings. The first-order chi connectivity index (χ1) is 9.66. The number of nitrogens with zero attached hydrogens (tertiary/aromatic N) is 1. The van der Waals surface area contributed by atoms with Gasteiger partial charge in [-0.05, 0) is 24.3 Å². The maximum absolute atomic E-state index is 12.0. The Hall–Kier alpha value is -2.89. The normalized spacial score (nSPS) is 9.80. The van der Waals surface area contributed by atoms with Crippen LogP contribution >= 0.6 is 0 Å². The monoisotopic (exact) mass is 272 g/mol. The molecule has 1 amide bonds. The number of carboxylic acids is 1. The highest BCUT2D eigenvalue weighted by atomic mass is 16.5. The van der Waals surface area contributed by atoms with Gasteiger partial charge in [-0.15, -0.1) is 0 Å². The number of amides is 1. The predicted octanol–water partition coefficient (Wildman–Crippen LogP) is 1.80. The summed E-state index contributed by atoms with van der Waals surface area (Å²) < 4.78 is 5.10. The molecule has 1 heterocycles. The molecule has 6 nitrogen and oxygen atoms in total. The van der Waals surface area contributed by atoms with Crippen LogP contribution in [-0.2, 0) is 4.79 Å². The summed E-state index contributed by atoms with van der Waals surface area (Å²) in [5.41, 5.74) is 0.657. The van der Waals surface area contributed by atoms with Gasteiger partial charge in [0.05, 0.1) is 5.69 Å². The topological polar surface area (TPSA) is 88.5 Å². The third kappa shape index (κ3) is 3.55.